The third-order valence-electron chi connectivity index (χ3n) is 2.78. The first-order valence-electron chi connectivity index (χ1n) is 6.34. The van der Waals surface area contributed by atoms with Crippen LogP contribution in [0.2, 0.25) is 0 Å². The summed E-state index contributed by atoms with van der Waals surface area (Å²) in [5, 5.41) is 0. The maximum absolute atomic E-state index is 5.79. The molecule has 4 heteroatoms. The van der Waals surface area contributed by atoms with Crippen molar-refractivity contribution < 1.29 is 4.74 Å². The summed E-state index contributed by atoms with van der Waals surface area (Å²) < 4.78 is 5.70. The molecule has 0 unspecified atom stereocenters. The number of halogens is 1. The summed E-state index contributed by atoms with van der Waals surface area (Å²) >= 11 is 4.16. The van der Waals surface area contributed by atoms with Gasteiger partial charge in [-0.3, -0.25) is 0 Å². The molecule has 0 fully saturated rings. The highest BCUT2D eigenvalue weighted by Gasteiger charge is 1.99. The van der Waals surface area contributed by atoms with Crippen molar-refractivity contribution in [2.45, 2.75) is 38.6 Å². The zero-order valence-corrected chi connectivity index (χ0v) is 12.7. The van der Waals surface area contributed by atoms with E-state index in [1.165, 1.54) is 5.56 Å². The molecule has 104 valence electrons. The number of thiol groups is 1. The third kappa shape index (κ3) is 7.14. The molecule has 0 saturated carbocycles. The van der Waals surface area contributed by atoms with Crippen molar-refractivity contribution in [3.63, 3.8) is 0 Å². The van der Waals surface area contributed by atoms with Crippen molar-refractivity contribution in [1.82, 2.24) is 0 Å². The average molecular weight is 290 g/mol. The molecule has 0 bridgehead atoms. The van der Waals surface area contributed by atoms with Crippen molar-refractivity contribution in [3.8, 4) is 5.75 Å². The van der Waals surface area contributed by atoms with Gasteiger partial charge in [0.1, 0.15) is 5.75 Å². The van der Waals surface area contributed by atoms with E-state index in [1.807, 2.05) is 12.1 Å². The van der Waals surface area contributed by atoms with E-state index in [-0.39, 0.29) is 18.4 Å². The Bertz CT molecular complexity index is 322. The van der Waals surface area contributed by atoms with Crippen LogP contribution in [-0.2, 0) is 6.42 Å². The van der Waals surface area contributed by atoms with Gasteiger partial charge in [-0.1, -0.05) is 19.1 Å². The number of aryl methyl sites for hydroxylation is 1. The number of hydrogen-bond acceptors (Lipinski definition) is 3. The fourth-order valence-corrected chi connectivity index (χ4v) is 1.83. The molecule has 1 atom stereocenters. The summed E-state index contributed by atoms with van der Waals surface area (Å²) in [6.45, 7) is 2.92. The highest BCUT2D eigenvalue weighted by atomic mass is 35.5. The molecule has 0 amide bonds. The van der Waals surface area contributed by atoms with Gasteiger partial charge in [0.15, 0.2) is 0 Å². The monoisotopic (exact) mass is 289 g/mol. The molecule has 1 aromatic rings. The fraction of sp³-hybridized carbons (Fsp3) is 0.571. The topological polar surface area (TPSA) is 35.2 Å². The second kappa shape index (κ2) is 10.5. The Morgan fingerprint density at radius 2 is 2.11 bits per heavy atom. The Labute approximate surface area is 122 Å². The summed E-state index contributed by atoms with van der Waals surface area (Å²) in [5.74, 6) is 1.74. The van der Waals surface area contributed by atoms with E-state index in [0.717, 1.165) is 43.8 Å². The second-order valence-corrected chi connectivity index (χ2v) is 4.65. The predicted octanol–water partition coefficient (Wildman–Crippen LogP) is 3.48. The van der Waals surface area contributed by atoms with E-state index in [9.17, 15) is 0 Å². The van der Waals surface area contributed by atoms with Crippen molar-refractivity contribution in [2.24, 2.45) is 5.73 Å². The minimum absolute atomic E-state index is 0. The highest BCUT2D eigenvalue weighted by molar-refractivity contribution is 7.80. The van der Waals surface area contributed by atoms with Crippen LogP contribution >= 0.6 is 25.0 Å². The molecule has 0 radical (unpaired) electrons. The van der Waals surface area contributed by atoms with Crippen LogP contribution in [0.1, 0.15) is 31.7 Å². The first-order chi connectivity index (χ1) is 8.26. The minimum Gasteiger partial charge on any atom is -0.494 e. The molecular formula is C14H24ClNOS. The standard InChI is InChI=1S/C14H23NOS.ClH/c1-2-12-6-5-8-14(10-12)16-9-4-3-7-13(15)11-17;/h5-6,8,10,13,17H,2-4,7,9,11,15H2,1H3;1H/t13-;/m1./s1. The molecule has 0 aliphatic rings. The van der Waals surface area contributed by atoms with Crippen molar-refractivity contribution in [1.29, 1.82) is 0 Å². The van der Waals surface area contributed by atoms with Gasteiger partial charge in [0.2, 0.25) is 0 Å². The lowest BCUT2D eigenvalue weighted by molar-refractivity contribution is 0.303. The van der Waals surface area contributed by atoms with Crippen molar-refractivity contribution >= 4 is 25.0 Å². The molecule has 1 rings (SSSR count). The number of benzene rings is 1. The first-order valence-corrected chi connectivity index (χ1v) is 6.97. The third-order valence-corrected chi connectivity index (χ3v) is 3.25. The Balaban J connectivity index is 0.00000289. The SMILES string of the molecule is CCc1cccc(OCCCC[C@@H](N)CS)c1.Cl. The van der Waals surface area contributed by atoms with Crippen molar-refractivity contribution in [3.05, 3.63) is 29.8 Å². The molecule has 18 heavy (non-hydrogen) atoms. The maximum Gasteiger partial charge on any atom is 0.119 e. The van der Waals surface area contributed by atoms with Gasteiger partial charge < -0.3 is 10.5 Å². The van der Waals surface area contributed by atoms with Crippen molar-refractivity contribution in [2.75, 3.05) is 12.4 Å². The van der Waals surface area contributed by atoms with E-state index in [1.54, 1.807) is 0 Å². The van der Waals surface area contributed by atoms with Crippen LogP contribution in [-0.4, -0.2) is 18.4 Å². The maximum atomic E-state index is 5.79. The number of nitrogens with two attached hydrogens (primary N) is 1. The normalized spacial score (nSPS) is 11.7. The number of ether oxygens (including phenoxy) is 1. The molecule has 0 spiro atoms. The van der Waals surface area contributed by atoms with E-state index in [4.69, 9.17) is 10.5 Å². The van der Waals surface area contributed by atoms with Crippen LogP contribution in [0.4, 0.5) is 0 Å². The zero-order valence-electron chi connectivity index (χ0n) is 11.0. The smallest absolute Gasteiger partial charge is 0.119 e. The Morgan fingerprint density at radius 3 is 2.78 bits per heavy atom. The average Bonchev–Trinajstić information content (AvgIpc) is 2.38. The lowest BCUT2D eigenvalue weighted by Crippen LogP contribution is -2.21. The van der Waals surface area contributed by atoms with Crippen LogP contribution in [0.5, 0.6) is 5.75 Å². The Hall–Kier alpha value is -0.380. The molecular weight excluding hydrogens is 266 g/mol. The summed E-state index contributed by atoms with van der Waals surface area (Å²) in [7, 11) is 0. The van der Waals surface area contributed by atoms with Gasteiger partial charge in [-0.25, -0.2) is 0 Å². The molecule has 2 nitrogen and oxygen atoms in total. The van der Waals surface area contributed by atoms with E-state index in [2.05, 4.69) is 31.7 Å². The van der Waals surface area contributed by atoms with Gasteiger partial charge in [0.05, 0.1) is 6.61 Å². The van der Waals surface area contributed by atoms with Crippen LogP contribution in [0.15, 0.2) is 24.3 Å². The lowest BCUT2D eigenvalue weighted by atomic mass is 10.1. The minimum atomic E-state index is 0. The molecule has 0 saturated heterocycles. The molecule has 0 aliphatic carbocycles. The molecule has 2 N–H and O–H groups in total. The van der Waals surface area contributed by atoms with Crippen LogP contribution in [0, 0.1) is 0 Å². The summed E-state index contributed by atoms with van der Waals surface area (Å²) in [4.78, 5) is 0. The van der Waals surface area contributed by atoms with E-state index in [0.29, 0.717) is 0 Å². The van der Waals surface area contributed by atoms with Crippen LogP contribution in [0.3, 0.4) is 0 Å². The zero-order chi connectivity index (χ0) is 12.5. The number of unbranched alkanes of at least 4 members (excludes halogenated alkanes) is 1. The van der Waals surface area contributed by atoms with Crippen LogP contribution in [0.25, 0.3) is 0 Å². The van der Waals surface area contributed by atoms with E-state index >= 15 is 0 Å². The Kier molecular flexibility index (Phi) is 10.3. The fourth-order valence-electron chi connectivity index (χ4n) is 1.65. The number of rotatable bonds is 8. The van der Waals surface area contributed by atoms with E-state index < -0.39 is 0 Å². The second-order valence-electron chi connectivity index (χ2n) is 4.29. The molecule has 0 heterocycles. The highest BCUT2D eigenvalue weighted by Crippen LogP contribution is 2.14. The summed E-state index contributed by atoms with van der Waals surface area (Å²) in [5.41, 5.74) is 7.11. The van der Waals surface area contributed by atoms with Gasteiger partial charge in [-0.05, 0) is 43.4 Å². The summed E-state index contributed by atoms with van der Waals surface area (Å²) in [6, 6.07) is 8.52. The largest absolute Gasteiger partial charge is 0.494 e. The molecule has 0 aliphatic heterocycles. The molecule has 1 aromatic carbocycles. The van der Waals surface area contributed by atoms with Gasteiger partial charge >= 0.3 is 0 Å². The molecule has 0 aromatic heterocycles. The van der Waals surface area contributed by atoms with Gasteiger partial charge in [0, 0.05) is 11.8 Å². The number of hydrogen-bond donors (Lipinski definition) is 2. The summed E-state index contributed by atoms with van der Waals surface area (Å²) in [6.07, 6.45) is 4.24. The predicted molar refractivity (Wildman–Crippen MR) is 84.2 cm³/mol. The lowest BCUT2D eigenvalue weighted by Gasteiger charge is -2.09. The Morgan fingerprint density at radius 1 is 1.33 bits per heavy atom. The van der Waals surface area contributed by atoms with Gasteiger partial charge in [-0.15, -0.1) is 12.4 Å². The quantitative estimate of drug-likeness (QED) is 0.568. The van der Waals surface area contributed by atoms with Gasteiger partial charge in [0.25, 0.3) is 0 Å². The van der Waals surface area contributed by atoms with Crippen LogP contribution < -0.4 is 10.5 Å². The van der Waals surface area contributed by atoms with Gasteiger partial charge in [-0.2, -0.15) is 12.6 Å². The first kappa shape index (κ1) is 17.6.